The first kappa shape index (κ1) is 17.4. The van der Waals surface area contributed by atoms with Crippen LogP contribution in [0.4, 0.5) is 5.69 Å². The maximum absolute atomic E-state index is 12.4. The molecule has 27 heavy (non-hydrogen) atoms. The van der Waals surface area contributed by atoms with Gasteiger partial charge in [-0.05, 0) is 48.7 Å². The smallest absolute Gasteiger partial charge is 0.231 e. The molecular weight excluding hydrogens is 344 g/mol. The van der Waals surface area contributed by atoms with E-state index in [1.807, 2.05) is 49.4 Å². The van der Waals surface area contributed by atoms with Crippen LogP contribution in [0.1, 0.15) is 36.9 Å². The standard InChI is InChI=1S/C21H22N2O4/c1-14(16-6-9-18-19(12-16)27-13-26-18)22-20(24)11-15-4-7-17(8-5-15)23-10-2-3-21(23)25/h4-9,12,14H,2-3,10-11,13H2,1H3,(H,22,24). The quantitative estimate of drug-likeness (QED) is 0.883. The third-order valence-electron chi connectivity index (χ3n) is 4.96. The third-order valence-corrected chi connectivity index (χ3v) is 4.96. The summed E-state index contributed by atoms with van der Waals surface area (Å²) in [6, 6.07) is 13.2. The summed E-state index contributed by atoms with van der Waals surface area (Å²) in [5.74, 6) is 1.55. The Morgan fingerprint density at radius 1 is 1.15 bits per heavy atom. The lowest BCUT2D eigenvalue weighted by Gasteiger charge is -2.17. The first-order valence-electron chi connectivity index (χ1n) is 9.18. The summed E-state index contributed by atoms with van der Waals surface area (Å²) < 4.78 is 10.7. The van der Waals surface area contributed by atoms with Crippen molar-refractivity contribution < 1.29 is 19.1 Å². The van der Waals surface area contributed by atoms with Crippen LogP contribution in [0.2, 0.25) is 0 Å². The number of amides is 2. The molecule has 2 amide bonds. The lowest BCUT2D eigenvalue weighted by atomic mass is 10.1. The van der Waals surface area contributed by atoms with E-state index in [2.05, 4.69) is 5.32 Å². The number of hydrogen-bond acceptors (Lipinski definition) is 4. The second-order valence-electron chi connectivity index (χ2n) is 6.89. The lowest BCUT2D eigenvalue weighted by Crippen LogP contribution is -2.28. The topological polar surface area (TPSA) is 67.9 Å². The molecule has 6 heteroatoms. The largest absolute Gasteiger partial charge is 0.454 e. The molecule has 1 saturated heterocycles. The Labute approximate surface area is 158 Å². The average Bonchev–Trinajstić information content (AvgIpc) is 3.30. The van der Waals surface area contributed by atoms with E-state index in [-0.39, 0.29) is 24.6 Å². The van der Waals surface area contributed by atoms with Crippen LogP contribution in [-0.4, -0.2) is 25.2 Å². The van der Waals surface area contributed by atoms with Gasteiger partial charge in [0.25, 0.3) is 0 Å². The molecule has 2 aromatic rings. The normalized spacial score (nSPS) is 16.5. The summed E-state index contributed by atoms with van der Waals surface area (Å²) in [6.45, 7) is 2.95. The Morgan fingerprint density at radius 3 is 2.67 bits per heavy atom. The van der Waals surface area contributed by atoms with Gasteiger partial charge in [0.15, 0.2) is 11.5 Å². The van der Waals surface area contributed by atoms with Crippen molar-refractivity contribution in [2.75, 3.05) is 18.2 Å². The fraction of sp³-hybridized carbons (Fsp3) is 0.333. The highest BCUT2D eigenvalue weighted by Gasteiger charge is 2.21. The number of carbonyl (C=O) groups is 2. The maximum atomic E-state index is 12.4. The highest BCUT2D eigenvalue weighted by molar-refractivity contribution is 5.95. The number of rotatable bonds is 5. The third kappa shape index (κ3) is 3.74. The molecule has 2 aromatic carbocycles. The van der Waals surface area contributed by atoms with E-state index in [4.69, 9.17) is 9.47 Å². The molecule has 2 aliphatic rings. The summed E-state index contributed by atoms with van der Waals surface area (Å²) in [7, 11) is 0. The minimum Gasteiger partial charge on any atom is -0.454 e. The van der Waals surface area contributed by atoms with Crippen molar-refractivity contribution in [1.82, 2.24) is 5.32 Å². The minimum absolute atomic E-state index is 0.0508. The molecule has 1 atom stereocenters. The van der Waals surface area contributed by atoms with Crippen molar-refractivity contribution in [3.63, 3.8) is 0 Å². The van der Waals surface area contributed by atoms with E-state index >= 15 is 0 Å². The van der Waals surface area contributed by atoms with Gasteiger partial charge in [-0.15, -0.1) is 0 Å². The molecule has 1 N–H and O–H groups in total. The molecule has 4 rings (SSSR count). The van der Waals surface area contributed by atoms with Gasteiger partial charge in [0, 0.05) is 18.7 Å². The zero-order valence-electron chi connectivity index (χ0n) is 15.2. The SMILES string of the molecule is CC(NC(=O)Cc1ccc(N2CCCC2=O)cc1)c1ccc2c(c1)OCO2. The highest BCUT2D eigenvalue weighted by atomic mass is 16.7. The van der Waals surface area contributed by atoms with Crippen LogP contribution >= 0.6 is 0 Å². The number of carbonyl (C=O) groups excluding carboxylic acids is 2. The first-order valence-corrected chi connectivity index (χ1v) is 9.18. The molecule has 0 aliphatic carbocycles. The van der Waals surface area contributed by atoms with Crippen LogP contribution in [0.5, 0.6) is 11.5 Å². The molecule has 1 fully saturated rings. The number of benzene rings is 2. The summed E-state index contributed by atoms with van der Waals surface area (Å²) in [4.78, 5) is 26.0. The van der Waals surface area contributed by atoms with Gasteiger partial charge in [0.05, 0.1) is 12.5 Å². The van der Waals surface area contributed by atoms with Crippen LogP contribution in [0.25, 0.3) is 0 Å². The van der Waals surface area contributed by atoms with E-state index in [0.29, 0.717) is 18.6 Å². The number of nitrogens with zero attached hydrogens (tertiary/aromatic N) is 1. The Kier molecular flexibility index (Phi) is 4.71. The fourth-order valence-electron chi connectivity index (χ4n) is 3.46. The van der Waals surface area contributed by atoms with Crippen molar-refractivity contribution in [3.05, 3.63) is 53.6 Å². The highest BCUT2D eigenvalue weighted by Crippen LogP contribution is 2.34. The van der Waals surface area contributed by atoms with E-state index in [1.54, 1.807) is 4.90 Å². The lowest BCUT2D eigenvalue weighted by molar-refractivity contribution is -0.121. The molecule has 6 nitrogen and oxygen atoms in total. The van der Waals surface area contributed by atoms with Gasteiger partial charge in [-0.25, -0.2) is 0 Å². The molecule has 2 aliphatic heterocycles. The Hall–Kier alpha value is -3.02. The van der Waals surface area contributed by atoms with Crippen molar-refractivity contribution in [3.8, 4) is 11.5 Å². The van der Waals surface area contributed by atoms with Crippen molar-refractivity contribution in [2.45, 2.75) is 32.2 Å². The van der Waals surface area contributed by atoms with Gasteiger partial charge in [0.2, 0.25) is 18.6 Å². The predicted molar refractivity (Wildman–Crippen MR) is 101 cm³/mol. The first-order chi connectivity index (χ1) is 13.1. The van der Waals surface area contributed by atoms with Crippen LogP contribution in [-0.2, 0) is 16.0 Å². The van der Waals surface area contributed by atoms with E-state index in [9.17, 15) is 9.59 Å². The maximum Gasteiger partial charge on any atom is 0.231 e. The van der Waals surface area contributed by atoms with Crippen LogP contribution in [0.15, 0.2) is 42.5 Å². The monoisotopic (exact) mass is 366 g/mol. The summed E-state index contributed by atoms with van der Waals surface area (Å²) in [5, 5.41) is 3.01. The Morgan fingerprint density at radius 2 is 1.93 bits per heavy atom. The zero-order valence-corrected chi connectivity index (χ0v) is 15.2. The number of anilines is 1. The fourth-order valence-corrected chi connectivity index (χ4v) is 3.46. The number of ether oxygens (including phenoxy) is 2. The molecule has 0 radical (unpaired) electrons. The van der Waals surface area contributed by atoms with E-state index in [0.717, 1.165) is 35.5 Å². The summed E-state index contributed by atoms with van der Waals surface area (Å²) in [5.41, 5.74) is 2.78. The minimum atomic E-state index is -0.131. The van der Waals surface area contributed by atoms with Gasteiger partial charge in [-0.1, -0.05) is 18.2 Å². The van der Waals surface area contributed by atoms with E-state index < -0.39 is 0 Å². The molecule has 140 valence electrons. The molecule has 0 bridgehead atoms. The molecule has 0 spiro atoms. The summed E-state index contributed by atoms with van der Waals surface area (Å²) >= 11 is 0. The second kappa shape index (κ2) is 7.31. The van der Waals surface area contributed by atoms with Crippen molar-refractivity contribution >= 4 is 17.5 Å². The van der Waals surface area contributed by atoms with Crippen LogP contribution < -0.4 is 19.7 Å². The van der Waals surface area contributed by atoms with Gasteiger partial charge in [-0.2, -0.15) is 0 Å². The second-order valence-corrected chi connectivity index (χ2v) is 6.89. The van der Waals surface area contributed by atoms with Crippen LogP contribution in [0.3, 0.4) is 0 Å². The number of hydrogen-bond donors (Lipinski definition) is 1. The number of nitrogens with one attached hydrogen (secondary N) is 1. The Bertz CT molecular complexity index is 863. The predicted octanol–water partition coefficient (Wildman–Crippen LogP) is 2.96. The molecule has 2 heterocycles. The molecule has 0 aromatic heterocycles. The molecular formula is C21H22N2O4. The van der Waals surface area contributed by atoms with Crippen molar-refractivity contribution in [1.29, 1.82) is 0 Å². The average molecular weight is 366 g/mol. The molecule has 1 unspecified atom stereocenters. The van der Waals surface area contributed by atoms with Gasteiger partial charge < -0.3 is 19.7 Å². The van der Waals surface area contributed by atoms with Gasteiger partial charge in [0.1, 0.15) is 0 Å². The van der Waals surface area contributed by atoms with Gasteiger partial charge >= 0.3 is 0 Å². The van der Waals surface area contributed by atoms with E-state index in [1.165, 1.54) is 0 Å². The Balaban J connectivity index is 1.35. The van der Waals surface area contributed by atoms with Gasteiger partial charge in [-0.3, -0.25) is 9.59 Å². The van der Waals surface area contributed by atoms with Crippen molar-refractivity contribution in [2.24, 2.45) is 0 Å². The molecule has 0 saturated carbocycles. The zero-order chi connectivity index (χ0) is 18.8. The summed E-state index contributed by atoms with van der Waals surface area (Å²) in [6.07, 6.45) is 1.81. The van der Waals surface area contributed by atoms with Crippen LogP contribution in [0, 0.1) is 0 Å². The number of fused-ring (bicyclic) bond motifs is 1.